The number of amides is 1. The highest BCUT2D eigenvalue weighted by molar-refractivity contribution is 9.10. The molecule has 0 atom stereocenters. The SMILES string of the molecule is COC(=O)Cn1c(=NC(=O)c2ccc(S(C)(=O)=O)cc2)sc2cc(Br)ccc21. The molecule has 1 amide bonds. The summed E-state index contributed by atoms with van der Waals surface area (Å²) in [4.78, 5) is 29.0. The van der Waals surface area contributed by atoms with Crippen molar-refractivity contribution in [3.63, 3.8) is 0 Å². The molecular weight excluding hydrogens is 468 g/mol. The second-order valence-corrected chi connectivity index (χ2v) is 9.81. The van der Waals surface area contributed by atoms with Gasteiger partial charge in [-0.25, -0.2) is 8.42 Å². The number of nitrogens with zero attached hydrogens (tertiary/aromatic N) is 2. The monoisotopic (exact) mass is 482 g/mol. The molecular formula is C18H15BrN2O5S2. The molecule has 0 fully saturated rings. The number of halogens is 1. The predicted octanol–water partition coefficient (Wildman–Crippen LogP) is 2.78. The van der Waals surface area contributed by atoms with E-state index in [1.807, 2.05) is 18.2 Å². The van der Waals surface area contributed by atoms with E-state index in [0.717, 1.165) is 20.9 Å². The quantitative estimate of drug-likeness (QED) is 0.532. The fourth-order valence-electron chi connectivity index (χ4n) is 2.47. The van der Waals surface area contributed by atoms with Gasteiger partial charge in [-0.15, -0.1) is 0 Å². The van der Waals surface area contributed by atoms with E-state index in [-0.39, 0.29) is 17.0 Å². The summed E-state index contributed by atoms with van der Waals surface area (Å²) >= 11 is 4.66. The third kappa shape index (κ3) is 4.40. The molecule has 10 heteroatoms. The first-order valence-electron chi connectivity index (χ1n) is 7.94. The Balaban J connectivity index is 2.08. The van der Waals surface area contributed by atoms with Crippen molar-refractivity contribution in [1.82, 2.24) is 4.57 Å². The lowest BCUT2D eigenvalue weighted by molar-refractivity contribution is -0.141. The highest BCUT2D eigenvalue weighted by atomic mass is 79.9. The lowest BCUT2D eigenvalue weighted by Crippen LogP contribution is -2.22. The summed E-state index contributed by atoms with van der Waals surface area (Å²) in [7, 11) is -2.06. The van der Waals surface area contributed by atoms with E-state index < -0.39 is 21.7 Å². The Morgan fingerprint density at radius 2 is 1.86 bits per heavy atom. The fourth-order valence-corrected chi connectivity index (χ4v) is 4.69. The minimum atomic E-state index is -3.35. The third-order valence-corrected chi connectivity index (χ3v) is 6.55. The Morgan fingerprint density at radius 1 is 1.18 bits per heavy atom. The second kappa shape index (κ2) is 7.98. The Labute approximate surface area is 173 Å². The minimum Gasteiger partial charge on any atom is -0.468 e. The first kappa shape index (κ1) is 20.4. The number of sulfone groups is 1. The lowest BCUT2D eigenvalue weighted by atomic mass is 10.2. The number of thiazole rings is 1. The number of esters is 1. The molecule has 0 aliphatic carbocycles. The summed E-state index contributed by atoms with van der Waals surface area (Å²) in [5, 5.41) is 0. The Morgan fingerprint density at radius 3 is 2.46 bits per heavy atom. The Kier molecular flexibility index (Phi) is 5.82. The average Bonchev–Trinajstić information content (AvgIpc) is 2.97. The number of aromatic nitrogens is 1. The summed E-state index contributed by atoms with van der Waals surface area (Å²) in [6.07, 6.45) is 1.10. The van der Waals surface area contributed by atoms with Gasteiger partial charge >= 0.3 is 5.97 Å². The van der Waals surface area contributed by atoms with Crippen molar-refractivity contribution in [2.45, 2.75) is 11.4 Å². The number of methoxy groups -OCH3 is 1. The van der Waals surface area contributed by atoms with Crippen LogP contribution in [0.25, 0.3) is 10.2 Å². The number of hydrogen-bond acceptors (Lipinski definition) is 6. The van der Waals surface area contributed by atoms with Crippen molar-refractivity contribution in [3.8, 4) is 0 Å². The van der Waals surface area contributed by atoms with Crippen LogP contribution in [0, 0.1) is 0 Å². The van der Waals surface area contributed by atoms with Crippen LogP contribution >= 0.6 is 27.3 Å². The van der Waals surface area contributed by atoms with Gasteiger partial charge in [0.25, 0.3) is 5.91 Å². The number of fused-ring (bicyclic) bond motifs is 1. The van der Waals surface area contributed by atoms with Crippen molar-refractivity contribution in [2.75, 3.05) is 13.4 Å². The van der Waals surface area contributed by atoms with Crippen LogP contribution in [0.4, 0.5) is 0 Å². The number of carbonyl (C=O) groups is 2. The number of benzene rings is 2. The number of rotatable bonds is 4. The number of hydrogen-bond donors (Lipinski definition) is 0. The number of carbonyl (C=O) groups excluding carboxylic acids is 2. The van der Waals surface area contributed by atoms with Crippen LogP contribution < -0.4 is 4.80 Å². The first-order valence-corrected chi connectivity index (χ1v) is 11.4. The molecule has 3 aromatic rings. The van der Waals surface area contributed by atoms with Gasteiger partial charge in [-0.3, -0.25) is 9.59 Å². The van der Waals surface area contributed by atoms with E-state index in [1.54, 1.807) is 4.57 Å². The van der Waals surface area contributed by atoms with Gasteiger partial charge in [-0.2, -0.15) is 4.99 Å². The normalized spacial score (nSPS) is 12.3. The smallest absolute Gasteiger partial charge is 0.325 e. The minimum absolute atomic E-state index is 0.0860. The lowest BCUT2D eigenvalue weighted by Gasteiger charge is -2.04. The van der Waals surface area contributed by atoms with E-state index in [2.05, 4.69) is 20.9 Å². The van der Waals surface area contributed by atoms with Gasteiger partial charge in [0.15, 0.2) is 14.6 Å². The molecule has 7 nitrogen and oxygen atoms in total. The summed E-state index contributed by atoms with van der Waals surface area (Å²) in [6, 6.07) is 11.1. The second-order valence-electron chi connectivity index (χ2n) is 5.87. The Bertz CT molecular complexity index is 1240. The maximum Gasteiger partial charge on any atom is 0.325 e. The standard InChI is InChI=1S/C18H15BrN2O5S2/c1-26-16(22)10-21-14-8-5-12(19)9-15(14)27-18(21)20-17(23)11-3-6-13(7-4-11)28(2,24)25/h3-9H,10H2,1-2H3. The van der Waals surface area contributed by atoms with E-state index in [9.17, 15) is 18.0 Å². The highest BCUT2D eigenvalue weighted by Gasteiger charge is 2.14. The van der Waals surface area contributed by atoms with Crippen molar-refractivity contribution in [3.05, 3.63) is 57.3 Å². The van der Waals surface area contributed by atoms with E-state index in [4.69, 9.17) is 4.74 Å². The van der Waals surface area contributed by atoms with Gasteiger partial charge in [0.1, 0.15) is 6.54 Å². The summed E-state index contributed by atoms with van der Waals surface area (Å²) < 4.78 is 31.2. The molecule has 0 spiro atoms. The van der Waals surface area contributed by atoms with Crippen LogP contribution in [0.1, 0.15) is 10.4 Å². The summed E-state index contributed by atoms with van der Waals surface area (Å²) in [6.45, 7) is -0.0860. The van der Waals surface area contributed by atoms with E-state index >= 15 is 0 Å². The molecule has 3 rings (SSSR count). The van der Waals surface area contributed by atoms with Gasteiger partial charge in [0, 0.05) is 16.3 Å². The van der Waals surface area contributed by atoms with Crippen LogP contribution in [0.15, 0.2) is 56.8 Å². The summed E-state index contributed by atoms with van der Waals surface area (Å²) in [5.74, 6) is -1.00. The van der Waals surface area contributed by atoms with Crippen LogP contribution in [0.2, 0.25) is 0 Å². The maximum atomic E-state index is 12.6. The van der Waals surface area contributed by atoms with Crippen molar-refractivity contribution in [1.29, 1.82) is 0 Å². The zero-order chi connectivity index (χ0) is 20.5. The Hall–Kier alpha value is -2.30. The first-order chi connectivity index (χ1) is 13.2. The molecule has 28 heavy (non-hydrogen) atoms. The molecule has 0 aliphatic heterocycles. The molecule has 0 radical (unpaired) electrons. The largest absolute Gasteiger partial charge is 0.468 e. The predicted molar refractivity (Wildman–Crippen MR) is 109 cm³/mol. The van der Waals surface area contributed by atoms with Gasteiger partial charge in [0.05, 0.1) is 22.2 Å². The molecule has 2 aromatic carbocycles. The van der Waals surface area contributed by atoms with E-state index in [0.29, 0.717) is 4.80 Å². The summed E-state index contributed by atoms with van der Waals surface area (Å²) in [5.41, 5.74) is 0.994. The van der Waals surface area contributed by atoms with Crippen LogP contribution in [-0.2, 0) is 25.9 Å². The molecule has 0 unspecified atom stereocenters. The topological polar surface area (TPSA) is 94.8 Å². The molecule has 0 saturated carbocycles. The molecule has 0 N–H and O–H groups in total. The maximum absolute atomic E-state index is 12.6. The van der Waals surface area contributed by atoms with Gasteiger partial charge in [0.2, 0.25) is 0 Å². The molecule has 1 heterocycles. The van der Waals surface area contributed by atoms with Crippen molar-refractivity contribution >= 4 is 59.2 Å². The van der Waals surface area contributed by atoms with Crippen LogP contribution in [0.5, 0.6) is 0 Å². The van der Waals surface area contributed by atoms with Crippen molar-refractivity contribution in [2.24, 2.45) is 4.99 Å². The zero-order valence-electron chi connectivity index (χ0n) is 14.9. The molecule has 0 aliphatic rings. The molecule has 0 bridgehead atoms. The van der Waals surface area contributed by atoms with Crippen LogP contribution in [0.3, 0.4) is 0 Å². The zero-order valence-corrected chi connectivity index (χ0v) is 18.1. The number of ether oxygens (including phenoxy) is 1. The van der Waals surface area contributed by atoms with Gasteiger partial charge in [-0.05, 0) is 42.5 Å². The van der Waals surface area contributed by atoms with E-state index in [1.165, 1.54) is 42.7 Å². The molecule has 1 aromatic heterocycles. The fraction of sp³-hybridized carbons (Fsp3) is 0.167. The average molecular weight is 483 g/mol. The third-order valence-electron chi connectivity index (χ3n) is 3.89. The molecule has 146 valence electrons. The van der Waals surface area contributed by atoms with Gasteiger partial charge < -0.3 is 9.30 Å². The molecule has 0 saturated heterocycles. The highest BCUT2D eigenvalue weighted by Crippen LogP contribution is 2.22. The van der Waals surface area contributed by atoms with Gasteiger partial charge in [-0.1, -0.05) is 27.3 Å². The van der Waals surface area contributed by atoms with Crippen LogP contribution in [-0.4, -0.2) is 38.2 Å². The van der Waals surface area contributed by atoms with Crippen molar-refractivity contribution < 1.29 is 22.7 Å².